The number of unbranched alkanes of at least 4 members (excludes halogenated alkanes) is 13. The molecule has 0 aliphatic carbocycles. The van der Waals surface area contributed by atoms with Crippen molar-refractivity contribution in [1.29, 1.82) is 0 Å². The van der Waals surface area contributed by atoms with Crippen molar-refractivity contribution in [1.82, 2.24) is 0 Å². The lowest BCUT2D eigenvalue weighted by Crippen LogP contribution is -2.28. The molecule has 0 saturated carbocycles. The lowest BCUT2D eigenvalue weighted by Gasteiger charge is -2.12. The highest BCUT2D eigenvalue weighted by atomic mass is 16.6. The molecule has 0 fully saturated rings. The predicted molar refractivity (Wildman–Crippen MR) is 115 cm³/mol. The number of aliphatic hydroxyl groups excluding tert-OH is 2. The van der Waals surface area contributed by atoms with Gasteiger partial charge in [0.1, 0.15) is 25.4 Å². The summed E-state index contributed by atoms with van der Waals surface area (Å²) in [4.78, 5) is 22.7. The van der Waals surface area contributed by atoms with Crippen LogP contribution in [0, 0.1) is 0 Å². The molecule has 0 aliphatic heterocycles. The van der Waals surface area contributed by atoms with E-state index in [1.165, 1.54) is 77.6 Å². The monoisotopic (exact) mass is 416 g/mol. The van der Waals surface area contributed by atoms with Gasteiger partial charge < -0.3 is 19.7 Å². The molecular formula is C23H44O6. The molecule has 0 aromatic rings. The number of carbonyl (C=O) groups excluding carboxylic acids is 2. The van der Waals surface area contributed by atoms with Crippen LogP contribution in [-0.4, -0.2) is 47.6 Å². The van der Waals surface area contributed by atoms with Crippen molar-refractivity contribution in [3.63, 3.8) is 0 Å². The zero-order valence-corrected chi connectivity index (χ0v) is 18.7. The fourth-order valence-electron chi connectivity index (χ4n) is 3.07. The van der Waals surface area contributed by atoms with Crippen molar-refractivity contribution in [2.45, 2.75) is 122 Å². The van der Waals surface area contributed by atoms with Crippen LogP contribution in [0.4, 0.5) is 0 Å². The van der Waals surface area contributed by atoms with E-state index in [0.29, 0.717) is 6.42 Å². The SMILES string of the molecule is CCCCCCCCCCCCCCCCC(=O)OCC(O)COC(=O)C(C)O. The lowest BCUT2D eigenvalue weighted by molar-refractivity contribution is -0.158. The first-order valence-corrected chi connectivity index (χ1v) is 11.7. The minimum atomic E-state index is -1.23. The van der Waals surface area contributed by atoms with E-state index in [0.717, 1.165) is 19.3 Å². The molecule has 0 saturated heterocycles. The summed E-state index contributed by atoms with van der Waals surface area (Å²) in [7, 11) is 0. The Morgan fingerprint density at radius 1 is 0.690 bits per heavy atom. The highest BCUT2D eigenvalue weighted by Crippen LogP contribution is 2.13. The lowest BCUT2D eigenvalue weighted by atomic mass is 10.0. The number of aliphatic hydroxyl groups is 2. The van der Waals surface area contributed by atoms with Crippen LogP contribution < -0.4 is 0 Å². The number of rotatable bonds is 20. The number of esters is 2. The zero-order chi connectivity index (χ0) is 21.7. The summed E-state index contributed by atoms with van der Waals surface area (Å²) >= 11 is 0. The Balaban J connectivity index is 3.34. The Labute approximate surface area is 177 Å². The maximum atomic E-state index is 11.6. The highest BCUT2D eigenvalue weighted by molar-refractivity contribution is 5.73. The second-order valence-electron chi connectivity index (χ2n) is 7.99. The second-order valence-corrected chi connectivity index (χ2v) is 7.99. The Kier molecular flexibility index (Phi) is 19.4. The quantitative estimate of drug-likeness (QED) is 0.221. The Hall–Kier alpha value is -1.14. The minimum absolute atomic E-state index is 0.204. The summed E-state index contributed by atoms with van der Waals surface area (Å²) < 4.78 is 9.62. The highest BCUT2D eigenvalue weighted by Gasteiger charge is 2.14. The van der Waals surface area contributed by atoms with Gasteiger partial charge in [-0.05, 0) is 13.3 Å². The van der Waals surface area contributed by atoms with Crippen molar-refractivity contribution in [2.75, 3.05) is 13.2 Å². The third kappa shape index (κ3) is 19.9. The van der Waals surface area contributed by atoms with Crippen molar-refractivity contribution >= 4 is 11.9 Å². The molecule has 0 rings (SSSR count). The van der Waals surface area contributed by atoms with E-state index < -0.39 is 18.2 Å². The van der Waals surface area contributed by atoms with Crippen LogP contribution in [0.5, 0.6) is 0 Å². The summed E-state index contributed by atoms with van der Waals surface area (Å²) in [6.45, 7) is 3.04. The third-order valence-corrected chi connectivity index (χ3v) is 4.93. The van der Waals surface area contributed by atoms with Gasteiger partial charge in [0, 0.05) is 6.42 Å². The largest absolute Gasteiger partial charge is 0.463 e. The van der Waals surface area contributed by atoms with Crippen molar-refractivity contribution in [3.05, 3.63) is 0 Å². The molecule has 0 heterocycles. The average Bonchev–Trinajstić information content (AvgIpc) is 2.70. The molecule has 2 N–H and O–H groups in total. The van der Waals surface area contributed by atoms with Gasteiger partial charge in [-0.3, -0.25) is 4.79 Å². The molecule has 172 valence electrons. The molecule has 0 spiro atoms. The summed E-state index contributed by atoms with van der Waals surface area (Å²) in [5.41, 5.74) is 0. The summed E-state index contributed by atoms with van der Waals surface area (Å²) in [6.07, 6.45) is 15.8. The van der Waals surface area contributed by atoms with Crippen molar-refractivity contribution < 1.29 is 29.3 Å². The Bertz CT molecular complexity index is 397. The molecule has 6 nitrogen and oxygen atoms in total. The van der Waals surface area contributed by atoms with Crippen LogP contribution in [0.3, 0.4) is 0 Å². The van der Waals surface area contributed by atoms with E-state index in [1.807, 2.05) is 0 Å². The topological polar surface area (TPSA) is 93.1 Å². The molecule has 0 aromatic carbocycles. The number of ether oxygens (including phenoxy) is 2. The number of hydrogen-bond acceptors (Lipinski definition) is 6. The Morgan fingerprint density at radius 2 is 1.10 bits per heavy atom. The molecule has 29 heavy (non-hydrogen) atoms. The normalized spacial score (nSPS) is 13.1. The second kappa shape index (κ2) is 20.1. The molecule has 2 atom stereocenters. The van der Waals surface area contributed by atoms with E-state index in [9.17, 15) is 14.7 Å². The molecule has 0 bridgehead atoms. The number of hydrogen-bond donors (Lipinski definition) is 2. The summed E-state index contributed by atoms with van der Waals surface area (Å²) in [6, 6.07) is 0. The van der Waals surface area contributed by atoms with E-state index in [1.54, 1.807) is 0 Å². The first-order chi connectivity index (χ1) is 14.0. The van der Waals surface area contributed by atoms with Crippen LogP contribution in [0.1, 0.15) is 110 Å². The smallest absolute Gasteiger partial charge is 0.334 e. The maximum Gasteiger partial charge on any atom is 0.334 e. The Morgan fingerprint density at radius 3 is 1.55 bits per heavy atom. The molecule has 6 heteroatoms. The van der Waals surface area contributed by atoms with Crippen molar-refractivity contribution in [3.8, 4) is 0 Å². The molecule has 2 unspecified atom stereocenters. The van der Waals surface area contributed by atoms with E-state index >= 15 is 0 Å². The maximum absolute atomic E-state index is 11.6. The first-order valence-electron chi connectivity index (χ1n) is 11.7. The standard InChI is InChI=1S/C23H44O6/c1-3-4-5-6-7-8-9-10-11-12-13-14-15-16-17-22(26)28-18-21(25)19-29-23(27)20(2)24/h20-21,24-25H,3-19H2,1-2H3. The van der Waals surface area contributed by atoms with Gasteiger partial charge in [-0.1, -0.05) is 90.4 Å². The van der Waals surface area contributed by atoms with Gasteiger partial charge in [0.2, 0.25) is 0 Å². The summed E-state index contributed by atoms with van der Waals surface area (Å²) in [5.74, 6) is -1.15. The van der Waals surface area contributed by atoms with Gasteiger partial charge in [-0.15, -0.1) is 0 Å². The zero-order valence-electron chi connectivity index (χ0n) is 18.7. The minimum Gasteiger partial charge on any atom is -0.463 e. The van der Waals surface area contributed by atoms with Gasteiger partial charge in [0.05, 0.1) is 0 Å². The van der Waals surface area contributed by atoms with E-state index in [4.69, 9.17) is 9.84 Å². The van der Waals surface area contributed by atoms with Crippen LogP contribution in [-0.2, 0) is 19.1 Å². The molecule has 0 aromatic heterocycles. The molecule has 0 amide bonds. The fraction of sp³-hybridized carbons (Fsp3) is 0.913. The fourth-order valence-corrected chi connectivity index (χ4v) is 3.07. The molecular weight excluding hydrogens is 372 g/mol. The number of carbonyl (C=O) groups is 2. The van der Waals surface area contributed by atoms with Gasteiger partial charge in [-0.2, -0.15) is 0 Å². The van der Waals surface area contributed by atoms with Crippen molar-refractivity contribution in [2.24, 2.45) is 0 Å². The summed E-state index contributed by atoms with van der Waals surface area (Å²) in [5, 5.41) is 18.6. The van der Waals surface area contributed by atoms with Crippen LogP contribution in [0.2, 0.25) is 0 Å². The van der Waals surface area contributed by atoms with Crippen LogP contribution >= 0.6 is 0 Å². The van der Waals surface area contributed by atoms with Crippen LogP contribution in [0.25, 0.3) is 0 Å². The average molecular weight is 417 g/mol. The predicted octanol–water partition coefficient (Wildman–Crippen LogP) is 4.69. The first kappa shape index (κ1) is 27.9. The third-order valence-electron chi connectivity index (χ3n) is 4.93. The van der Waals surface area contributed by atoms with E-state index in [-0.39, 0.29) is 19.2 Å². The van der Waals surface area contributed by atoms with Gasteiger partial charge in [0.25, 0.3) is 0 Å². The molecule has 0 radical (unpaired) electrons. The van der Waals surface area contributed by atoms with Crippen LogP contribution in [0.15, 0.2) is 0 Å². The van der Waals surface area contributed by atoms with Gasteiger partial charge in [0.15, 0.2) is 0 Å². The van der Waals surface area contributed by atoms with Gasteiger partial charge in [-0.25, -0.2) is 4.79 Å². The van der Waals surface area contributed by atoms with Gasteiger partial charge >= 0.3 is 11.9 Å². The van der Waals surface area contributed by atoms with E-state index in [2.05, 4.69) is 11.7 Å². The molecule has 0 aliphatic rings.